The molecule has 0 spiro atoms. The first-order valence-corrected chi connectivity index (χ1v) is 8.61. The van der Waals surface area contributed by atoms with Crippen LogP contribution in [0.3, 0.4) is 0 Å². The minimum Gasteiger partial charge on any atom is -0.345 e. The van der Waals surface area contributed by atoms with Crippen molar-refractivity contribution < 1.29 is 0 Å². The molecule has 4 heteroatoms. The van der Waals surface area contributed by atoms with Crippen molar-refractivity contribution in [1.82, 2.24) is 4.98 Å². The minimum atomic E-state index is 0.0801. The predicted molar refractivity (Wildman–Crippen MR) is 88.5 cm³/mol. The number of nitrogens with two attached hydrogens (primary N) is 1. The molecule has 0 amide bonds. The fraction of sp³-hybridized carbons (Fsp3) is 0.812. The molecular weight excluding hydrogens is 266 g/mol. The molecule has 3 nitrogen and oxygen atoms in total. The van der Waals surface area contributed by atoms with Gasteiger partial charge in [-0.15, -0.1) is 11.3 Å². The van der Waals surface area contributed by atoms with Gasteiger partial charge in [-0.2, -0.15) is 0 Å². The lowest BCUT2D eigenvalue weighted by Crippen LogP contribution is -2.27. The van der Waals surface area contributed by atoms with Crippen molar-refractivity contribution in [3.05, 3.63) is 10.6 Å². The summed E-state index contributed by atoms with van der Waals surface area (Å²) in [6.07, 6.45) is 3.87. The standard InChI is InChI=1S/C16H29N3S/c1-11(2)8-9-19(12-6-7-12)15-18-14(16(3,4)5)13(10-17)20-15/h11-12H,6-10,17H2,1-5H3. The van der Waals surface area contributed by atoms with Crippen LogP contribution in [0.4, 0.5) is 5.13 Å². The van der Waals surface area contributed by atoms with E-state index >= 15 is 0 Å². The van der Waals surface area contributed by atoms with Gasteiger partial charge in [-0.1, -0.05) is 34.6 Å². The Kier molecular flexibility index (Phi) is 4.75. The van der Waals surface area contributed by atoms with Crippen LogP contribution < -0.4 is 10.6 Å². The van der Waals surface area contributed by atoms with Gasteiger partial charge >= 0.3 is 0 Å². The molecule has 20 heavy (non-hydrogen) atoms. The maximum absolute atomic E-state index is 5.93. The maximum atomic E-state index is 5.93. The van der Waals surface area contributed by atoms with E-state index in [4.69, 9.17) is 10.7 Å². The lowest BCUT2D eigenvalue weighted by molar-refractivity contribution is 0.557. The first-order valence-electron chi connectivity index (χ1n) is 7.79. The Labute approximate surface area is 127 Å². The molecule has 0 aliphatic heterocycles. The summed E-state index contributed by atoms with van der Waals surface area (Å²) in [5.74, 6) is 0.743. The van der Waals surface area contributed by atoms with Crippen molar-refractivity contribution in [3.8, 4) is 0 Å². The van der Waals surface area contributed by atoms with E-state index in [2.05, 4.69) is 39.5 Å². The molecule has 2 N–H and O–H groups in total. The molecule has 1 aromatic rings. The van der Waals surface area contributed by atoms with Crippen molar-refractivity contribution in [3.63, 3.8) is 0 Å². The number of aromatic nitrogens is 1. The molecule has 1 aliphatic carbocycles. The summed E-state index contributed by atoms with van der Waals surface area (Å²) in [6, 6.07) is 0.721. The van der Waals surface area contributed by atoms with Crippen LogP contribution in [-0.4, -0.2) is 17.6 Å². The van der Waals surface area contributed by atoms with Crippen molar-refractivity contribution in [2.45, 2.75) is 71.9 Å². The third kappa shape index (κ3) is 3.73. The fourth-order valence-electron chi connectivity index (χ4n) is 2.40. The van der Waals surface area contributed by atoms with E-state index in [-0.39, 0.29) is 5.41 Å². The van der Waals surface area contributed by atoms with Gasteiger partial charge in [0.15, 0.2) is 5.13 Å². The van der Waals surface area contributed by atoms with E-state index in [1.807, 2.05) is 0 Å². The second-order valence-corrected chi connectivity index (χ2v) is 8.39. The number of hydrogen-bond acceptors (Lipinski definition) is 4. The van der Waals surface area contributed by atoms with Crippen molar-refractivity contribution in [1.29, 1.82) is 0 Å². The van der Waals surface area contributed by atoms with Gasteiger partial charge in [0.05, 0.1) is 5.69 Å². The van der Waals surface area contributed by atoms with Crippen LogP contribution in [0.15, 0.2) is 0 Å². The zero-order valence-electron chi connectivity index (χ0n) is 13.6. The Morgan fingerprint density at radius 3 is 2.40 bits per heavy atom. The molecule has 1 heterocycles. The topological polar surface area (TPSA) is 42.2 Å². The molecule has 1 aromatic heterocycles. The molecule has 0 saturated heterocycles. The Morgan fingerprint density at radius 1 is 1.35 bits per heavy atom. The lowest BCUT2D eigenvalue weighted by atomic mass is 9.91. The number of thiazole rings is 1. The van der Waals surface area contributed by atoms with E-state index in [1.165, 1.54) is 35.0 Å². The van der Waals surface area contributed by atoms with Gasteiger partial charge in [0.25, 0.3) is 0 Å². The number of rotatable bonds is 6. The highest BCUT2D eigenvalue weighted by molar-refractivity contribution is 7.15. The highest BCUT2D eigenvalue weighted by atomic mass is 32.1. The van der Waals surface area contributed by atoms with Crippen LogP contribution >= 0.6 is 11.3 Å². The molecule has 0 unspecified atom stereocenters. The van der Waals surface area contributed by atoms with E-state index in [0.29, 0.717) is 6.54 Å². The molecule has 1 saturated carbocycles. The normalized spacial score (nSPS) is 15.9. The van der Waals surface area contributed by atoms with E-state index in [1.54, 1.807) is 11.3 Å². The van der Waals surface area contributed by atoms with Crippen LogP contribution in [-0.2, 0) is 12.0 Å². The maximum Gasteiger partial charge on any atom is 0.186 e. The molecule has 0 radical (unpaired) electrons. The number of hydrogen-bond donors (Lipinski definition) is 1. The van der Waals surface area contributed by atoms with E-state index in [0.717, 1.165) is 18.5 Å². The number of nitrogens with zero attached hydrogens (tertiary/aromatic N) is 2. The summed E-state index contributed by atoms with van der Waals surface area (Å²) in [5, 5.41) is 1.19. The Hall–Kier alpha value is -0.610. The van der Waals surface area contributed by atoms with Gasteiger partial charge in [0.1, 0.15) is 0 Å². The molecule has 2 rings (SSSR count). The molecule has 114 valence electrons. The smallest absolute Gasteiger partial charge is 0.186 e. The highest BCUT2D eigenvalue weighted by Crippen LogP contribution is 2.38. The van der Waals surface area contributed by atoms with E-state index in [9.17, 15) is 0 Å². The quantitative estimate of drug-likeness (QED) is 0.865. The average molecular weight is 295 g/mol. The molecule has 0 aromatic carbocycles. The summed E-state index contributed by atoms with van der Waals surface area (Å²) in [6.45, 7) is 13.0. The lowest BCUT2D eigenvalue weighted by Gasteiger charge is -2.23. The molecular formula is C16H29N3S. The predicted octanol–water partition coefficient (Wildman–Crippen LogP) is 3.91. The second-order valence-electron chi connectivity index (χ2n) is 7.33. The Morgan fingerprint density at radius 2 is 2.00 bits per heavy atom. The van der Waals surface area contributed by atoms with Gasteiger partial charge in [-0.25, -0.2) is 4.98 Å². The zero-order valence-corrected chi connectivity index (χ0v) is 14.4. The van der Waals surface area contributed by atoms with Crippen LogP contribution in [0.1, 0.15) is 64.5 Å². The summed E-state index contributed by atoms with van der Waals surface area (Å²) >= 11 is 1.80. The monoisotopic (exact) mass is 295 g/mol. The Bertz CT molecular complexity index is 441. The third-order valence-electron chi connectivity index (χ3n) is 3.76. The summed E-state index contributed by atoms with van der Waals surface area (Å²) in [5.41, 5.74) is 7.20. The van der Waals surface area contributed by atoms with Crippen molar-refractivity contribution in [2.75, 3.05) is 11.4 Å². The van der Waals surface area contributed by atoms with E-state index < -0.39 is 0 Å². The fourth-order valence-corrected chi connectivity index (χ4v) is 3.65. The van der Waals surface area contributed by atoms with Gasteiger partial charge in [-0.05, 0) is 25.2 Å². The van der Waals surface area contributed by atoms with Crippen LogP contribution in [0, 0.1) is 5.92 Å². The van der Waals surface area contributed by atoms with Crippen LogP contribution in [0.2, 0.25) is 0 Å². The van der Waals surface area contributed by atoms with Crippen LogP contribution in [0.5, 0.6) is 0 Å². The largest absolute Gasteiger partial charge is 0.345 e. The van der Waals surface area contributed by atoms with Gasteiger partial charge < -0.3 is 10.6 Å². The molecule has 1 fully saturated rings. The van der Waals surface area contributed by atoms with Gasteiger partial charge in [-0.3, -0.25) is 0 Å². The molecule has 1 aliphatic rings. The minimum absolute atomic E-state index is 0.0801. The first-order chi connectivity index (χ1) is 9.32. The average Bonchev–Trinajstić information content (AvgIpc) is 3.06. The first kappa shape index (κ1) is 15.8. The second kappa shape index (κ2) is 6.02. The summed E-state index contributed by atoms with van der Waals surface area (Å²) in [4.78, 5) is 8.74. The molecule has 0 atom stereocenters. The zero-order chi connectivity index (χ0) is 14.9. The number of anilines is 1. The van der Waals surface area contributed by atoms with Gasteiger partial charge in [0.2, 0.25) is 0 Å². The van der Waals surface area contributed by atoms with Crippen molar-refractivity contribution >= 4 is 16.5 Å². The SMILES string of the molecule is CC(C)CCN(c1nc(C(C)(C)C)c(CN)s1)C1CC1. The third-order valence-corrected chi connectivity index (χ3v) is 4.88. The van der Waals surface area contributed by atoms with Crippen molar-refractivity contribution in [2.24, 2.45) is 11.7 Å². The summed E-state index contributed by atoms with van der Waals surface area (Å²) < 4.78 is 0. The van der Waals surface area contributed by atoms with Crippen LogP contribution in [0.25, 0.3) is 0 Å². The highest BCUT2D eigenvalue weighted by Gasteiger charge is 2.32. The Balaban J connectivity index is 2.22. The van der Waals surface area contributed by atoms with Gasteiger partial charge in [0, 0.05) is 29.4 Å². The molecule has 0 bridgehead atoms. The summed E-state index contributed by atoms with van der Waals surface area (Å²) in [7, 11) is 0.